The number of ether oxygens (including phenoxy) is 1. The first-order valence-electron chi connectivity index (χ1n) is 9.17. The van der Waals surface area contributed by atoms with E-state index >= 15 is 0 Å². The molecule has 0 aliphatic carbocycles. The normalized spacial score (nSPS) is 10.7. The minimum absolute atomic E-state index is 0.281. The Kier molecular flexibility index (Phi) is 6.51. The maximum atomic E-state index is 13.0. The zero-order valence-electron chi connectivity index (χ0n) is 15.9. The van der Waals surface area contributed by atoms with Gasteiger partial charge in [0, 0.05) is 32.2 Å². The van der Waals surface area contributed by atoms with E-state index in [-0.39, 0.29) is 17.4 Å². The summed E-state index contributed by atoms with van der Waals surface area (Å²) in [5, 5.41) is 6.17. The van der Waals surface area contributed by atoms with Crippen LogP contribution >= 0.6 is 34.5 Å². The van der Waals surface area contributed by atoms with Crippen molar-refractivity contribution in [3.63, 3.8) is 0 Å². The zero-order chi connectivity index (χ0) is 21.8. The van der Waals surface area contributed by atoms with Crippen LogP contribution < -0.4 is 10.1 Å². The molecular weight excluding hydrogens is 458 g/mol. The molecule has 4 nitrogen and oxygen atoms in total. The highest BCUT2D eigenvalue weighted by atomic mass is 35.5. The Bertz CT molecular complexity index is 1230. The number of halogens is 3. The zero-order valence-corrected chi connectivity index (χ0v) is 18.3. The van der Waals surface area contributed by atoms with E-state index in [2.05, 4.69) is 10.3 Å². The van der Waals surface area contributed by atoms with E-state index in [1.54, 1.807) is 17.5 Å². The molecule has 0 aliphatic rings. The minimum atomic E-state index is -0.366. The van der Waals surface area contributed by atoms with Crippen molar-refractivity contribution in [2.24, 2.45) is 0 Å². The number of anilines is 1. The molecule has 0 aliphatic heterocycles. The third-order valence-corrected chi connectivity index (χ3v) is 5.81. The van der Waals surface area contributed by atoms with Gasteiger partial charge < -0.3 is 10.1 Å². The summed E-state index contributed by atoms with van der Waals surface area (Å²) >= 11 is 13.5. The monoisotopic (exact) mass is 472 g/mol. The Morgan fingerprint density at radius 2 is 1.87 bits per heavy atom. The Morgan fingerprint density at radius 1 is 1.06 bits per heavy atom. The van der Waals surface area contributed by atoms with E-state index in [9.17, 15) is 9.18 Å². The van der Waals surface area contributed by atoms with Crippen molar-refractivity contribution in [1.29, 1.82) is 0 Å². The Morgan fingerprint density at radius 3 is 2.65 bits per heavy atom. The highest BCUT2D eigenvalue weighted by Crippen LogP contribution is 2.28. The smallest absolute Gasteiger partial charge is 0.275 e. The molecule has 1 amide bonds. The average molecular weight is 473 g/mol. The van der Waals surface area contributed by atoms with Crippen molar-refractivity contribution in [1.82, 2.24) is 4.98 Å². The summed E-state index contributed by atoms with van der Waals surface area (Å²) in [4.78, 5) is 16.8. The number of rotatable bonds is 6. The van der Waals surface area contributed by atoms with E-state index in [0.29, 0.717) is 33.1 Å². The lowest BCUT2D eigenvalue weighted by atomic mass is 10.2. The number of benzene rings is 3. The first-order chi connectivity index (χ1) is 15.0. The molecule has 0 atom stereocenters. The summed E-state index contributed by atoms with van der Waals surface area (Å²) in [7, 11) is 0. The molecule has 31 heavy (non-hydrogen) atoms. The van der Waals surface area contributed by atoms with Gasteiger partial charge in [-0.25, -0.2) is 9.37 Å². The van der Waals surface area contributed by atoms with Crippen molar-refractivity contribution < 1.29 is 13.9 Å². The number of amides is 1. The summed E-state index contributed by atoms with van der Waals surface area (Å²) in [6.07, 6.45) is 0. The lowest BCUT2D eigenvalue weighted by Gasteiger charge is -2.09. The SMILES string of the molecule is O=C(Nc1ccc(F)cc1)c1csc(-c2cccc(OCc3ccc(Cl)cc3Cl)c2)n1. The van der Waals surface area contributed by atoms with Gasteiger partial charge >= 0.3 is 0 Å². The summed E-state index contributed by atoms with van der Waals surface area (Å²) in [5.74, 6) is -0.0794. The number of hydrogen-bond donors (Lipinski definition) is 1. The fraction of sp³-hybridized carbons (Fsp3) is 0.0435. The fourth-order valence-corrected chi connectivity index (χ4v) is 4.02. The maximum Gasteiger partial charge on any atom is 0.275 e. The van der Waals surface area contributed by atoms with Crippen LogP contribution in [0.2, 0.25) is 10.0 Å². The lowest BCUT2D eigenvalue weighted by molar-refractivity contribution is 0.102. The molecule has 4 aromatic rings. The number of aromatic nitrogens is 1. The molecule has 1 heterocycles. The highest BCUT2D eigenvalue weighted by molar-refractivity contribution is 7.13. The van der Waals surface area contributed by atoms with Crippen LogP contribution in [-0.2, 0) is 6.61 Å². The quantitative estimate of drug-likeness (QED) is 0.325. The van der Waals surface area contributed by atoms with Gasteiger partial charge in [-0.2, -0.15) is 0 Å². The number of carbonyl (C=O) groups excluding carboxylic acids is 1. The average Bonchev–Trinajstić information content (AvgIpc) is 3.26. The first-order valence-corrected chi connectivity index (χ1v) is 10.8. The summed E-state index contributed by atoms with van der Waals surface area (Å²) in [5.41, 5.74) is 2.43. The molecular formula is C23H15Cl2FN2O2S. The lowest BCUT2D eigenvalue weighted by Crippen LogP contribution is -2.12. The van der Waals surface area contributed by atoms with Gasteiger partial charge in [-0.3, -0.25) is 4.79 Å². The van der Waals surface area contributed by atoms with Crippen LogP contribution in [-0.4, -0.2) is 10.9 Å². The Labute approximate surface area is 192 Å². The van der Waals surface area contributed by atoms with Crippen molar-refractivity contribution in [2.45, 2.75) is 6.61 Å². The second kappa shape index (κ2) is 9.47. The topological polar surface area (TPSA) is 51.2 Å². The molecule has 8 heteroatoms. The van der Waals surface area contributed by atoms with E-state index in [1.807, 2.05) is 30.3 Å². The van der Waals surface area contributed by atoms with Gasteiger partial charge in [-0.1, -0.05) is 41.4 Å². The van der Waals surface area contributed by atoms with Gasteiger partial charge in [0.1, 0.15) is 28.9 Å². The van der Waals surface area contributed by atoms with E-state index in [1.165, 1.54) is 35.6 Å². The Balaban J connectivity index is 1.45. The molecule has 0 spiro atoms. The second-order valence-corrected chi connectivity index (χ2v) is 8.25. The van der Waals surface area contributed by atoms with Crippen molar-refractivity contribution >= 4 is 46.1 Å². The molecule has 0 saturated carbocycles. The van der Waals surface area contributed by atoms with E-state index < -0.39 is 0 Å². The predicted octanol–water partition coefficient (Wildman–Crippen LogP) is 7.09. The molecule has 0 radical (unpaired) electrons. The van der Waals surface area contributed by atoms with Crippen molar-refractivity contribution in [3.8, 4) is 16.3 Å². The first kappa shape index (κ1) is 21.3. The number of thiazole rings is 1. The molecule has 4 rings (SSSR count). The van der Waals surface area contributed by atoms with Gasteiger partial charge in [0.2, 0.25) is 0 Å². The number of carbonyl (C=O) groups is 1. The van der Waals surface area contributed by atoms with Gasteiger partial charge in [0.15, 0.2) is 0 Å². The number of nitrogens with zero attached hydrogens (tertiary/aromatic N) is 1. The third kappa shape index (κ3) is 5.41. The maximum absolute atomic E-state index is 13.0. The molecule has 1 aromatic heterocycles. The number of nitrogens with one attached hydrogen (secondary N) is 1. The van der Waals surface area contributed by atoms with Crippen molar-refractivity contribution in [3.05, 3.63) is 99.2 Å². The summed E-state index contributed by atoms with van der Waals surface area (Å²) in [6.45, 7) is 0.294. The molecule has 1 N–H and O–H groups in total. The fourth-order valence-electron chi connectivity index (χ4n) is 2.76. The highest BCUT2D eigenvalue weighted by Gasteiger charge is 2.13. The third-order valence-electron chi connectivity index (χ3n) is 4.33. The van der Waals surface area contributed by atoms with Crippen LogP contribution in [0.25, 0.3) is 10.6 Å². The van der Waals surface area contributed by atoms with E-state index in [0.717, 1.165) is 11.1 Å². The largest absolute Gasteiger partial charge is 0.489 e. The molecule has 3 aromatic carbocycles. The van der Waals surface area contributed by atoms with Gasteiger partial charge in [-0.05, 0) is 48.5 Å². The van der Waals surface area contributed by atoms with Gasteiger partial charge in [-0.15, -0.1) is 11.3 Å². The number of hydrogen-bond acceptors (Lipinski definition) is 4. The van der Waals surface area contributed by atoms with Crippen LogP contribution in [0.4, 0.5) is 10.1 Å². The summed E-state index contributed by atoms with van der Waals surface area (Å²) in [6, 6.07) is 18.2. The van der Waals surface area contributed by atoms with Gasteiger partial charge in [0.05, 0.1) is 0 Å². The van der Waals surface area contributed by atoms with Crippen LogP contribution in [0, 0.1) is 5.82 Å². The molecule has 156 valence electrons. The van der Waals surface area contributed by atoms with Crippen LogP contribution in [0.5, 0.6) is 5.75 Å². The molecule has 0 fully saturated rings. The molecule has 0 unspecified atom stereocenters. The van der Waals surface area contributed by atoms with Crippen LogP contribution in [0.1, 0.15) is 16.1 Å². The van der Waals surface area contributed by atoms with E-state index in [4.69, 9.17) is 27.9 Å². The van der Waals surface area contributed by atoms with Gasteiger partial charge in [0.25, 0.3) is 5.91 Å². The Hall–Kier alpha value is -2.93. The summed E-state index contributed by atoms with van der Waals surface area (Å²) < 4.78 is 18.9. The predicted molar refractivity (Wildman–Crippen MR) is 123 cm³/mol. The van der Waals surface area contributed by atoms with Crippen LogP contribution in [0.3, 0.4) is 0 Å². The minimum Gasteiger partial charge on any atom is -0.489 e. The molecule has 0 bridgehead atoms. The standard InChI is InChI=1S/C23H15Cl2FN2O2S/c24-16-5-4-15(20(25)11-16)12-30-19-3-1-2-14(10-19)23-28-21(13-31-23)22(29)27-18-8-6-17(26)7-9-18/h1-11,13H,12H2,(H,27,29). The molecule has 0 saturated heterocycles. The van der Waals surface area contributed by atoms with Crippen molar-refractivity contribution in [2.75, 3.05) is 5.32 Å². The second-order valence-electron chi connectivity index (χ2n) is 6.55. The van der Waals surface area contributed by atoms with Crippen LogP contribution in [0.15, 0.2) is 72.1 Å².